The van der Waals surface area contributed by atoms with E-state index in [1.165, 1.54) is 17.3 Å². The van der Waals surface area contributed by atoms with Crippen LogP contribution in [0.25, 0.3) is 0 Å². The van der Waals surface area contributed by atoms with Crippen molar-refractivity contribution in [2.24, 2.45) is 0 Å². The van der Waals surface area contributed by atoms with E-state index in [2.05, 4.69) is 26.0 Å². The molecule has 1 unspecified atom stereocenters. The van der Waals surface area contributed by atoms with E-state index in [1.807, 2.05) is 7.05 Å². The van der Waals surface area contributed by atoms with Gasteiger partial charge in [0.05, 0.1) is 0 Å². The number of benzene rings is 1. The first-order valence-corrected chi connectivity index (χ1v) is 7.79. The van der Waals surface area contributed by atoms with E-state index in [0.717, 1.165) is 13.0 Å². The van der Waals surface area contributed by atoms with Crippen LogP contribution < -0.4 is 16.0 Å². The molecular weight excluding hydrogens is 379 g/mol. The van der Waals surface area contributed by atoms with E-state index in [-0.39, 0.29) is 36.6 Å². The third kappa shape index (κ3) is 7.38. The molecular formula is C16H24Cl2N6O2. The molecule has 0 aliphatic heterocycles. The maximum Gasteiger partial charge on any atom is 0.249 e. The number of hydrogen-bond donors (Lipinski definition) is 3. The average Bonchev–Trinajstić information content (AvgIpc) is 3.10. The summed E-state index contributed by atoms with van der Waals surface area (Å²) in [7, 11) is 1.86. The molecule has 0 spiro atoms. The summed E-state index contributed by atoms with van der Waals surface area (Å²) in [6, 6.07) is 6.54. The van der Waals surface area contributed by atoms with E-state index < -0.39 is 6.04 Å². The molecule has 1 heterocycles. The zero-order valence-corrected chi connectivity index (χ0v) is 16.3. The summed E-state index contributed by atoms with van der Waals surface area (Å²) in [4.78, 5) is 27.7. The average molecular weight is 403 g/mol. The fraction of sp³-hybridized carbons (Fsp3) is 0.375. The number of carbonyl (C=O) groups excluding carboxylic acids is 2. The Bertz CT molecular complexity index is 664. The first kappa shape index (κ1) is 23.8. The molecule has 144 valence electrons. The lowest BCUT2D eigenvalue weighted by Gasteiger charge is -2.12. The molecule has 1 atom stereocenters. The second-order valence-electron chi connectivity index (χ2n) is 5.37. The summed E-state index contributed by atoms with van der Waals surface area (Å²) in [6.45, 7) is 2.55. The highest BCUT2D eigenvalue weighted by molar-refractivity contribution is 5.94. The van der Waals surface area contributed by atoms with Crippen LogP contribution in [-0.2, 0) is 9.59 Å². The molecule has 10 heteroatoms. The zero-order chi connectivity index (χ0) is 17.4. The normalized spacial score (nSPS) is 10.8. The topological polar surface area (TPSA) is 101 Å². The van der Waals surface area contributed by atoms with Crippen LogP contribution in [0.15, 0.2) is 36.9 Å². The minimum absolute atomic E-state index is 0. The minimum atomic E-state index is -0.459. The van der Waals surface area contributed by atoms with E-state index in [9.17, 15) is 9.59 Å². The summed E-state index contributed by atoms with van der Waals surface area (Å²) in [5.74, 6) is -0.216. The van der Waals surface area contributed by atoms with Gasteiger partial charge >= 0.3 is 0 Å². The highest BCUT2D eigenvalue weighted by Crippen LogP contribution is 2.15. The van der Waals surface area contributed by atoms with Gasteiger partial charge in [-0.25, -0.2) is 9.67 Å². The van der Waals surface area contributed by atoms with Gasteiger partial charge in [-0.1, -0.05) is 0 Å². The van der Waals surface area contributed by atoms with Crippen LogP contribution in [0.1, 0.15) is 25.8 Å². The summed E-state index contributed by atoms with van der Waals surface area (Å²) < 4.78 is 1.48. The first-order valence-electron chi connectivity index (χ1n) is 7.79. The molecule has 0 bridgehead atoms. The van der Waals surface area contributed by atoms with Crippen molar-refractivity contribution in [3.05, 3.63) is 36.9 Å². The fourth-order valence-corrected chi connectivity index (χ4v) is 2.07. The Hall–Kier alpha value is -2.16. The minimum Gasteiger partial charge on any atom is -0.326 e. The van der Waals surface area contributed by atoms with Crippen LogP contribution >= 0.6 is 24.8 Å². The largest absolute Gasteiger partial charge is 0.326 e. The molecule has 0 radical (unpaired) electrons. The van der Waals surface area contributed by atoms with Crippen LogP contribution in [0.2, 0.25) is 0 Å². The van der Waals surface area contributed by atoms with E-state index in [4.69, 9.17) is 0 Å². The first-order chi connectivity index (χ1) is 11.6. The quantitative estimate of drug-likeness (QED) is 0.587. The molecule has 1 aromatic carbocycles. The molecule has 8 nitrogen and oxygen atoms in total. The fourth-order valence-electron chi connectivity index (χ4n) is 2.07. The van der Waals surface area contributed by atoms with Crippen molar-refractivity contribution >= 4 is 48.0 Å². The van der Waals surface area contributed by atoms with Crippen LogP contribution in [0.5, 0.6) is 0 Å². The second kappa shape index (κ2) is 12.2. The van der Waals surface area contributed by atoms with Crippen molar-refractivity contribution in [2.45, 2.75) is 25.8 Å². The number of anilines is 2. The maximum absolute atomic E-state index is 12.1. The smallest absolute Gasteiger partial charge is 0.249 e. The lowest BCUT2D eigenvalue weighted by Crippen LogP contribution is -2.24. The van der Waals surface area contributed by atoms with Gasteiger partial charge < -0.3 is 16.0 Å². The molecule has 2 amide bonds. The van der Waals surface area contributed by atoms with Gasteiger partial charge in [0.2, 0.25) is 11.8 Å². The van der Waals surface area contributed by atoms with Gasteiger partial charge in [0.1, 0.15) is 18.7 Å². The third-order valence-corrected chi connectivity index (χ3v) is 3.48. The highest BCUT2D eigenvalue weighted by atomic mass is 35.5. The zero-order valence-electron chi connectivity index (χ0n) is 14.6. The number of hydrogen-bond acceptors (Lipinski definition) is 5. The third-order valence-electron chi connectivity index (χ3n) is 3.48. The number of nitrogens with zero attached hydrogens (tertiary/aromatic N) is 3. The summed E-state index contributed by atoms with van der Waals surface area (Å²) in [6.07, 6.45) is 4.14. The van der Waals surface area contributed by atoms with Crippen molar-refractivity contribution < 1.29 is 9.59 Å². The summed E-state index contributed by atoms with van der Waals surface area (Å²) in [5, 5.41) is 12.6. The van der Waals surface area contributed by atoms with Crippen LogP contribution in [-0.4, -0.2) is 40.2 Å². The molecule has 0 aliphatic rings. The number of carbonyl (C=O) groups is 2. The van der Waals surface area contributed by atoms with Crippen molar-refractivity contribution in [1.29, 1.82) is 0 Å². The molecule has 0 fully saturated rings. The van der Waals surface area contributed by atoms with Gasteiger partial charge in [0, 0.05) is 17.8 Å². The molecule has 1 aromatic heterocycles. The van der Waals surface area contributed by atoms with Crippen molar-refractivity contribution in [2.75, 3.05) is 24.2 Å². The van der Waals surface area contributed by atoms with Gasteiger partial charge in [0.15, 0.2) is 0 Å². The standard InChI is InChI=1S/C16H22N6O2.2ClH/c1-12(22-11-18-10-19-22)16(24)21-14-7-5-13(6-8-14)20-15(23)4-3-9-17-2;;/h5-8,10-12,17H,3-4,9H2,1-2H3,(H,20,23)(H,21,24);2*1H. The second-order valence-corrected chi connectivity index (χ2v) is 5.37. The SMILES string of the molecule is CNCCCC(=O)Nc1ccc(NC(=O)C(C)n2cncn2)cc1.Cl.Cl. The Balaban J connectivity index is 0.00000312. The number of aromatic nitrogens is 3. The number of rotatable bonds is 8. The van der Waals surface area contributed by atoms with Crippen molar-refractivity contribution in [1.82, 2.24) is 20.1 Å². The van der Waals surface area contributed by atoms with Crippen molar-refractivity contribution in [3.8, 4) is 0 Å². The monoisotopic (exact) mass is 402 g/mol. The number of halogens is 2. The van der Waals surface area contributed by atoms with Gasteiger partial charge in [-0.05, 0) is 51.2 Å². The van der Waals surface area contributed by atoms with Gasteiger partial charge in [-0.15, -0.1) is 24.8 Å². The Morgan fingerprint density at radius 3 is 2.27 bits per heavy atom. The van der Waals surface area contributed by atoms with Gasteiger partial charge in [-0.3, -0.25) is 9.59 Å². The summed E-state index contributed by atoms with van der Waals surface area (Å²) in [5.41, 5.74) is 1.35. The van der Waals surface area contributed by atoms with Gasteiger partial charge in [-0.2, -0.15) is 5.10 Å². The lowest BCUT2D eigenvalue weighted by atomic mass is 10.2. The van der Waals surface area contributed by atoms with Crippen LogP contribution in [0.4, 0.5) is 11.4 Å². The Morgan fingerprint density at radius 1 is 1.12 bits per heavy atom. The van der Waals surface area contributed by atoms with Gasteiger partial charge in [0.25, 0.3) is 0 Å². The van der Waals surface area contributed by atoms with E-state index in [0.29, 0.717) is 17.8 Å². The van der Waals surface area contributed by atoms with Crippen LogP contribution in [0.3, 0.4) is 0 Å². The Morgan fingerprint density at radius 2 is 1.73 bits per heavy atom. The summed E-state index contributed by atoms with van der Waals surface area (Å²) >= 11 is 0. The molecule has 2 rings (SSSR count). The number of amides is 2. The molecule has 0 aliphatic carbocycles. The Kier molecular flexibility index (Phi) is 11.2. The molecule has 26 heavy (non-hydrogen) atoms. The van der Waals surface area contributed by atoms with E-state index >= 15 is 0 Å². The predicted molar refractivity (Wildman–Crippen MR) is 106 cm³/mol. The predicted octanol–water partition coefficient (Wildman–Crippen LogP) is 2.26. The molecule has 0 saturated heterocycles. The lowest BCUT2D eigenvalue weighted by molar-refractivity contribution is -0.119. The Labute approximate surface area is 165 Å². The van der Waals surface area contributed by atoms with E-state index in [1.54, 1.807) is 31.2 Å². The number of nitrogens with one attached hydrogen (secondary N) is 3. The van der Waals surface area contributed by atoms with Crippen LogP contribution in [0, 0.1) is 0 Å². The molecule has 0 saturated carbocycles. The van der Waals surface area contributed by atoms with Crippen molar-refractivity contribution in [3.63, 3.8) is 0 Å². The highest BCUT2D eigenvalue weighted by Gasteiger charge is 2.15. The maximum atomic E-state index is 12.1. The molecule has 3 N–H and O–H groups in total. The molecule has 2 aromatic rings.